The van der Waals surface area contributed by atoms with Crippen LogP contribution in [0.5, 0.6) is 0 Å². The highest BCUT2D eigenvalue weighted by Crippen LogP contribution is 2.19. The molecule has 0 heterocycles. The number of anilines is 1. The Hall–Kier alpha value is -1.59. The zero-order valence-corrected chi connectivity index (χ0v) is 12.3. The van der Waals surface area contributed by atoms with E-state index >= 15 is 0 Å². The fourth-order valence-electron chi connectivity index (χ4n) is 1.71. The van der Waals surface area contributed by atoms with E-state index in [0.717, 1.165) is 12.0 Å². The standard InChI is InChI=1S/C15H24N2O3/c1-15(2,3)20-14(19)17-12-8-6-11(7-9-12)13(16)5-4-10-18/h6-9,13,18H,4-5,10,16H2,1-3H3,(H,17,19)/t13-/m0/s1. The Morgan fingerprint density at radius 2 is 1.95 bits per heavy atom. The van der Waals surface area contributed by atoms with Crippen molar-refractivity contribution < 1.29 is 14.6 Å². The molecule has 5 heteroatoms. The lowest BCUT2D eigenvalue weighted by Crippen LogP contribution is -2.27. The van der Waals surface area contributed by atoms with Crippen molar-refractivity contribution >= 4 is 11.8 Å². The number of aliphatic hydroxyl groups excluding tert-OH is 1. The molecule has 1 amide bonds. The third kappa shape index (κ3) is 6.04. The van der Waals surface area contributed by atoms with Gasteiger partial charge in [0.05, 0.1) is 0 Å². The zero-order valence-electron chi connectivity index (χ0n) is 12.3. The largest absolute Gasteiger partial charge is 0.444 e. The van der Waals surface area contributed by atoms with Crippen LogP contribution in [-0.4, -0.2) is 23.4 Å². The molecular weight excluding hydrogens is 256 g/mol. The van der Waals surface area contributed by atoms with Crippen molar-refractivity contribution in [3.05, 3.63) is 29.8 Å². The van der Waals surface area contributed by atoms with Gasteiger partial charge in [0.15, 0.2) is 0 Å². The fourth-order valence-corrected chi connectivity index (χ4v) is 1.71. The third-order valence-electron chi connectivity index (χ3n) is 2.66. The number of hydrogen-bond acceptors (Lipinski definition) is 4. The van der Waals surface area contributed by atoms with Gasteiger partial charge in [0.25, 0.3) is 0 Å². The predicted octanol–water partition coefficient (Wildman–Crippen LogP) is 2.81. The maximum atomic E-state index is 11.6. The second kappa shape index (κ2) is 7.26. The van der Waals surface area contributed by atoms with E-state index in [1.165, 1.54) is 0 Å². The maximum Gasteiger partial charge on any atom is 0.412 e. The van der Waals surface area contributed by atoms with Gasteiger partial charge < -0.3 is 15.6 Å². The van der Waals surface area contributed by atoms with Crippen molar-refractivity contribution in [2.45, 2.75) is 45.3 Å². The first-order valence-corrected chi connectivity index (χ1v) is 6.78. The third-order valence-corrected chi connectivity index (χ3v) is 2.66. The average Bonchev–Trinajstić information content (AvgIpc) is 2.34. The molecule has 0 fully saturated rings. The molecule has 0 spiro atoms. The summed E-state index contributed by atoms with van der Waals surface area (Å²) < 4.78 is 5.17. The molecule has 0 aliphatic heterocycles. The van der Waals surface area contributed by atoms with E-state index < -0.39 is 11.7 Å². The minimum atomic E-state index is -0.517. The highest BCUT2D eigenvalue weighted by atomic mass is 16.6. The Kier molecular flexibility index (Phi) is 5.98. The van der Waals surface area contributed by atoms with Gasteiger partial charge in [0.1, 0.15) is 5.60 Å². The topological polar surface area (TPSA) is 84.6 Å². The molecule has 0 aliphatic carbocycles. The number of benzene rings is 1. The second-order valence-corrected chi connectivity index (χ2v) is 5.72. The number of rotatable bonds is 5. The van der Waals surface area contributed by atoms with Crippen molar-refractivity contribution in [1.82, 2.24) is 0 Å². The summed E-state index contributed by atoms with van der Waals surface area (Å²) in [6.07, 6.45) is 0.934. The molecule has 1 atom stereocenters. The molecule has 1 aromatic carbocycles. The van der Waals surface area contributed by atoms with Crippen molar-refractivity contribution in [2.75, 3.05) is 11.9 Å². The first-order valence-electron chi connectivity index (χ1n) is 6.78. The summed E-state index contributed by atoms with van der Waals surface area (Å²) in [4.78, 5) is 11.6. The van der Waals surface area contributed by atoms with Crippen LogP contribution in [0.4, 0.5) is 10.5 Å². The molecule has 0 saturated carbocycles. The zero-order chi connectivity index (χ0) is 15.2. The normalized spacial score (nSPS) is 12.8. The van der Waals surface area contributed by atoms with Gasteiger partial charge in [0, 0.05) is 18.3 Å². The highest BCUT2D eigenvalue weighted by Gasteiger charge is 2.16. The van der Waals surface area contributed by atoms with Crippen molar-refractivity contribution in [3.63, 3.8) is 0 Å². The summed E-state index contributed by atoms with van der Waals surface area (Å²) in [6.45, 7) is 5.59. The maximum absolute atomic E-state index is 11.6. The van der Waals surface area contributed by atoms with Gasteiger partial charge in [-0.05, 0) is 51.3 Å². The Morgan fingerprint density at radius 3 is 2.45 bits per heavy atom. The average molecular weight is 280 g/mol. The van der Waals surface area contributed by atoms with Gasteiger partial charge in [-0.1, -0.05) is 12.1 Å². The molecule has 4 N–H and O–H groups in total. The monoisotopic (exact) mass is 280 g/mol. The van der Waals surface area contributed by atoms with E-state index in [1.54, 1.807) is 12.1 Å². The minimum absolute atomic E-state index is 0.0993. The van der Waals surface area contributed by atoms with Crippen LogP contribution in [0.3, 0.4) is 0 Å². The number of hydrogen-bond donors (Lipinski definition) is 3. The van der Waals surface area contributed by atoms with Crippen LogP contribution >= 0.6 is 0 Å². The summed E-state index contributed by atoms with van der Waals surface area (Å²) in [5.74, 6) is 0. The molecule has 0 bridgehead atoms. The van der Waals surface area contributed by atoms with Gasteiger partial charge in [-0.3, -0.25) is 5.32 Å². The van der Waals surface area contributed by atoms with Gasteiger partial charge in [-0.25, -0.2) is 4.79 Å². The molecule has 0 aliphatic rings. The number of ether oxygens (including phenoxy) is 1. The number of carbonyl (C=O) groups is 1. The predicted molar refractivity (Wildman–Crippen MR) is 79.5 cm³/mol. The summed E-state index contributed by atoms with van der Waals surface area (Å²) in [5.41, 5.74) is 7.12. The number of aliphatic hydroxyl groups is 1. The quantitative estimate of drug-likeness (QED) is 0.774. The summed E-state index contributed by atoms with van der Waals surface area (Å²) in [7, 11) is 0. The van der Waals surface area contributed by atoms with Crippen LogP contribution in [0.2, 0.25) is 0 Å². The van der Waals surface area contributed by atoms with Gasteiger partial charge in [0.2, 0.25) is 0 Å². The van der Waals surface area contributed by atoms with Gasteiger partial charge in [-0.2, -0.15) is 0 Å². The summed E-state index contributed by atoms with van der Waals surface area (Å²) in [5, 5.41) is 11.4. The van der Waals surface area contributed by atoms with Crippen LogP contribution in [0.25, 0.3) is 0 Å². The van der Waals surface area contributed by atoms with Crippen molar-refractivity contribution in [2.24, 2.45) is 5.73 Å². The first kappa shape index (κ1) is 16.5. The van der Waals surface area contributed by atoms with Crippen LogP contribution in [0.15, 0.2) is 24.3 Å². The van der Waals surface area contributed by atoms with E-state index in [2.05, 4.69) is 5.32 Å². The lowest BCUT2D eigenvalue weighted by molar-refractivity contribution is 0.0636. The Labute approximate surface area is 120 Å². The van der Waals surface area contributed by atoms with E-state index in [0.29, 0.717) is 12.1 Å². The van der Waals surface area contributed by atoms with Gasteiger partial charge >= 0.3 is 6.09 Å². The van der Waals surface area contributed by atoms with Crippen LogP contribution in [0.1, 0.15) is 45.2 Å². The lowest BCUT2D eigenvalue weighted by atomic mass is 10.0. The molecule has 5 nitrogen and oxygen atoms in total. The van der Waals surface area contributed by atoms with Gasteiger partial charge in [-0.15, -0.1) is 0 Å². The smallest absolute Gasteiger partial charge is 0.412 e. The molecule has 0 radical (unpaired) electrons. The molecule has 1 aromatic rings. The molecular formula is C15H24N2O3. The Bertz CT molecular complexity index is 424. The molecule has 1 rings (SSSR count). The fraction of sp³-hybridized carbons (Fsp3) is 0.533. The molecule has 20 heavy (non-hydrogen) atoms. The summed E-state index contributed by atoms with van der Waals surface area (Å²) in [6, 6.07) is 7.22. The number of nitrogens with one attached hydrogen (secondary N) is 1. The van der Waals surface area contributed by atoms with Crippen LogP contribution in [0, 0.1) is 0 Å². The van der Waals surface area contributed by atoms with E-state index in [9.17, 15) is 4.79 Å². The number of nitrogens with two attached hydrogens (primary N) is 1. The molecule has 0 unspecified atom stereocenters. The van der Waals surface area contributed by atoms with E-state index in [4.69, 9.17) is 15.6 Å². The molecule has 112 valence electrons. The van der Waals surface area contributed by atoms with E-state index in [-0.39, 0.29) is 12.6 Å². The first-order chi connectivity index (χ1) is 9.31. The summed E-state index contributed by atoms with van der Waals surface area (Å²) >= 11 is 0. The molecule has 0 aromatic heterocycles. The van der Waals surface area contributed by atoms with Crippen LogP contribution in [-0.2, 0) is 4.74 Å². The molecule has 0 saturated heterocycles. The second-order valence-electron chi connectivity index (χ2n) is 5.72. The Morgan fingerprint density at radius 1 is 1.35 bits per heavy atom. The van der Waals surface area contributed by atoms with Crippen molar-refractivity contribution in [3.8, 4) is 0 Å². The van der Waals surface area contributed by atoms with E-state index in [1.807, 2.05) is 32.9 Å². The SMILES string of the molecule is CC(C)(C)OC(=O)Nc1ccc([C@@H](N)CCCO)cc1. The van der Waals surface area contributed by atoms with Crippen LogP contribution < -0.4 is 11.1 Å². The highest BCUT2D eigenvalue weighted by molar-refractivity contribution is 5.84. The number of carbonyl (C=O) groups excluding carboxylic acids is 1. The van der Waals surface area contributed by atoms with Crippen molar-refractivity contribution in [1.29, 1.82) is 0 Å². The Balaban J connectivity index is 2.56. The number of amides is 1. The minimum Gasteiger partial charge on any atom is -0.444 e. The lowest BCUT2D eigenvalue weighted by Gasteiger charge is -2.19.